The maximum atomic E-state index is 10.5. The van der Waals surface area contributed by atoms with Gasteiger partial charge >= 0.3 is 6.03 Å². The van der Waals surface area contributed by atoms with E-state index in [0.717, 1.165) is 10.9 Å². The van der Waals surface area contributed by atoms with Crippen molar-refractivity contribution in [2.45, 2.75) is 0 Å². The standard InChI is InChI=1S/C13H13N5O/c14-8-10-7-9-3-1-2-4-11(9)18-12(10)16-5-6-17-13(15)19/h1-4,7H,5-6H2,(H,16,18)(H3,15,17,19). The quantitative estimate of drug-likeness (QED) is 0.714. The molecule has 1 aromatic heterocycles. The molecule has 1 aromatic carbocycles. The minimum Gasteiger partial charge on any atom is -0.367 e. The number of pyridine rings is 1. The van der Waals surface area contributed by atoms with Crippen LogP contribution in [0.25, 0.3) is 10.9 Å². The zero-order chi connectivity index (χ0) is 13.7. The van der Waals surface area contributed by atoms with E-state index in [9.17, 15) is 4.79 Å². The SMILES string of the molecule is N#Cc1cc2ccccc2nc1NCCNC(N)=O. The van der Waals surface area contributed by atoms with Crippen molar-refractivity contribution in [1.29, 1.82) is 5.26 Å². The molecule has 2 aromatic rings. The molecular formula is C13H13N5O. The summed E-state index contributed by atoms with van der Waals surface area (Å²) < 4.78 is 0. The van der Waals surface area contributed by atoms with Crippen molar-refractivity contribution in [3.05, 3.63) is 35.9 Å². The molecule has 4 N–H and O–H groups in total. The number of nitrogens with two attached hydrogens (primary N) is 1. The van der Waals surface area contributed by atoms with Crippen LogP contribution in [0.5, 0.6) is 0 Å². The Kier molecular flexibility index (Phi) is 3.78. The molecule has 1 heterocycles. The van der Waals surface area contributed by atoms with E-state index in [4.69, 9.17) is 11.0 Å². The molecule has 2 amide bonds. The first kappa shape index (κ1) is 12.6. The first-order valence-corrected chi connectivity index (χ1v) is 5.78. The number of carbonyl (C=O) groups excluding carboxylic acids is 1. The van der Waals surface area contributed by atoms with Gasteiger partial charge in [-0.1, -0.05) is 18.2 Å². The van der Waals surface area contributed by atoms with Gasteiger partial charge in [0.15, 0.2) is 0 Å². The molecule has 0 saturated carbocycles. The Balaban J connectivity index is 2.17. The fourth-order valence-electron chi connectivity index (χ4n) is 1.70. The van der Waals surface area contributed by atoms with E-state index in [1.54, 1.807) is 6.07 Å². The van der Waals surface area contributed by atoms with Gasteiger partial charge in [0.1, 0.15) is 11.9 Å². The van der Waals surface area contributed by atoms with Gasteiger partial charge in [0.2, 0.25) is 0 Å². The summed E-state index contributed by atoms with van der Waals surface area (Å²) in [6, 6.07) is 10.9. The first-order valence-electron chi connectivity index (χ1n) is 5.78. The van der Waals surface area contributed by atoms with Crippen LogP contribution in [-0.2, 0) is 0 Å². The number of anilines is 1. The van der Waals surface area contributed by atoms with Crippen molar-refractivity contribution in [3.8, 4) is 6.07 Å². The van der Waals surface area contributed by atoms with Crippen LogP contribution < -0.4 is 16.4 Å². The number of benzene rings is 1. The number of fused-ring (bicyclic) bond motifs is 1. The van der Waals surface area contributed by atoms with Gasteiger partial charge in [-0.15, -0.1) is 0 Å². The van der Waals surface area contributed by atoms with Crippen LogP contribution in [0.4, 0.5) is 10.6 Å². The van der Waals surface area contributed by atoms with E-state index < -0.39 is 6.03 Å². The van der Waals surface area contributed by atoms with E-state index in [-0.39, 0.29) is 0 Å². The maximum absolute atomic E-state index is 10.5. The summed E-state index contributed by atoms with van der Waals surface area (Å²) in [6.07, 6.45) is 0. The fraction of sp³-hybridized carbons (Fsp3) is 0.154. The summed E-state index contributed by atoms with van der Waals surface area (Å²) in [5.41, 5.74) is 6.24. The number of carbonyl (C=O) groups is 1. The van der Waals surface area contributed by atoms with Gasteiger partial charge in [-0.25, -0.2) is 9.78 Å². The molecule has 0 aliphatic rings. The lowest BCUT2D eigenvalue weighted by molar-refractivity contribution is 0.249. The van der Waals surface area contributed by atoms with Gasteiger partial charge in [-0.2, -0.15) is 5.26 Å². The van der Waals surface area contributed by atoms with Crippen LogP contribution in [0, 0.1) is 11.3 Å². The van der Waals surface area contributed by atoms with Crippen molar-refractivity contribution < 1.29 is 4.79 Å². The number of nitriles is 1. The lowest BCUT2D eigenvalue weighted by Gasteiger charge is -2.08. The van der Waals surface area contributed by atoms with Crippen molar-refractivity contribution in [1.82, 2.24) is 10.3 Å². The summed E-state index contributed by atoms with van der Waals surface area (Å²) in [6.45, 7) is 0.817. The summed E-state index contributed by atoms with van der Waals surface area (Å²) in [5.74, 6) is 0.507. The van der Waals surface area contributed by atoms with Gasteiger partial charge in [-0.3, -0.25) is 0 Å². The molecule has 0 saturated heterocycles. The van der Waals surface area contributed by atoms with Crippen molar-refractivity contribution in [3.63, 3.8) is 0 Å². The third-order valence-corrected chi connectivity index (χ3v) is 2.56. The zero-order valence-electron chi connectivity index (χ0n) is 10.2. The van der Waals surface area contributed by atoms with Crippen molar-refractivity contribution in [2.75, 3.05) is 18.4 Å². The Morgan fingerprint density at radius 3 is 2.89 bits per heavy atom. The highest BCUT2D eigenvalue weighted by Crippen LogP contribution is 2.19. The lowest BCUT2D eigenvalue weighted by atomic mass is 10.1. The highest BCUT2D eigenvalue weighted by molar-refractivity contribution is 5.82. The average Bonchev–Trinajstić information content (AvgIpc) is 2.42. The summed E-state index contributed by atoms with van der Waals surface area (Å²) in [7, 11) is 0. The normalized spacial score (nSPS) is 9.84. The third-order valence-electron chi connectivity index (χ3n) is 2.56. The number of nitrogens with one attached hydrogen (secondary N) is 2. The van der Waals surface area contributed by atoms with Crippen LogP contribution in [0.1, 0.15) is 5.56 Å². The van der Waals surface area contributed by atoms with Crippen LogP contribution in [0.15, 0.2) is 30.3 Å². The molecule has 0 fully saturated rings. The number of amides is 2. The molecule has 6 nitrogen and oxygen atoms in total. The molecule has 19 heavy (non-hydrogen) atoms. The number of hydrogen-bond acceptors (Lipinski definition) is 4. The molecule has 0 spiro atoms. The minimum absolute atomic E-state index is 0.370. The summed E-state index contributed by atoms with van der Waals surface area (Å²) in [5, 5.41) is 15.5. The van der Waals surface area contributed by atoms with Crippen molar-refractivity contribution in [2.24, 2.45) is 5.73 Å². The minimum atomic E-state index is -0.575. The van der Waals surface area contributed by atoms with Gasteiger partial charge < -0.3 is 16.4 Å². The molecule has 0 atom stereocenters. The first-order chi connectivity index (χ1) is 9.20. The van der Waals surface area contributed by atoms with Crippen molar-refractivity contribution >= 4 is 22.8 Å². The smallest absolute Gasteiger partial charge is 0.312 e. The molecule has 0 radical (unpaired) electrons. The van der Waals surface area contributed by atoms with Crippen LogP contribution in [-0.4, -0.2) is 24.1 Å². The molecular weight excluding hydrogens is 242 g/mol. The number of primary amides is 1. The van der Waals surface area contributed by atoms with Gasteiger partial charge in [0.25, 0.3) is 0 Å². The highest BCUT2D eigenvalue weighted by Gasteiger charge is 2.05. The van der Waals surface area contributed by atoms with E-state index in [1.807, 2.05) is 24.3 Å². The zero-order valence-corrected chi connectivity index (χ0v) is 10.2. The molecule has 0 bridgehead atoms. The highest BCUT2D eigenvalue weighted by atomic mass is 16.2. The van der Waals surface area contributed by atoms with E-state index in [0.29, 0.717) is 24.5 Å². The van der Waals surface area contributed by atoms with E-state index in [1.165, 1.54) is 0 Å². The Labute approximate surface area is 110 Å². The molecule has 96 valence electrons. The monoisotopic (exact) mass is 255 g/mol. The van der Waals surface area contributed by atoms with Gasteiger partial charge in [0, 0.05) is 18.5 Å². The Hall–Kier alpha value is -2.81. The second-order valence-corrected chi connectivity index (χ2v) is 3.91. The van der Waals surface area contributed by atoms with Crippen LogP contribution in [0.2, 0.25) is 0 Å². The number of rotatable bonds is 4. The predicted molar refractivity (Wildman–Crippen MR) is 72.5 cm³/mol. The third kappa shape index (κ3) is 3.10. The molecule has 6 heteroatoms. The van der Waals surface area contributed by atoms with Crippen LogP contribution >= 0.6 is 0 Å². The number of hydrogen-bond donors (Lipinski definition) is 3. The fourth-order valence-corrected chi connectivity index (χ4v) is 1.70. The lowest BCUT2D eigenvalue weighted by Crippen LogP contribution is -2.33. The molecule has 0 aliphatic carbocycles. The second-order valence-electron chi connectivity index (χ2n) is 3.91. The number of urea groups is 1. The summed E-state index contributed by atoms with van der Waals surface area (Å²) in [4.78, 5) is 14.9. The van der Waals surface area contributed by atoms with Gasteiger partial charge in [-0.05, 0) is 12.1 Å². The predicted octanol–water partition coefficient (Wildman–Crippen LogP) is 1.19. The van der Waals surface area contributed by atoms with E-state index >= 15 is 0 Å². The maximum Gasteiger partial charge on any atom is 0.312 e. The average molecular weight is 255 g/mol. The van der Waals surface area contributed by atoms with E-state index in [2.05, 4.69) is 21.7 Å². The molecule has 0 aliphatic heterocycles. The number of para-hydroxylation sites is 1. The van der Waals surface area contributed by atoms with Crippen LogP contribution in [0.3, 0.4) is 0 Å². The number of nitrogens with zero attached hydrogens (tertiary/aromatic N) is 2. The summed E-state index contributed by atoms with van der Waals surface area (Å²) >= 11 is 0. The Bertz CT molecular complexity index is 647. The Morgan fingerprint density at radius 2 is 2.16 bits per heavy atom. The molecule has 2 rings (SSSR count). The topological polar surface area (TPSA) is 104 Å². The molecule has 0 unspecified atom stereocenters. The Morgan fingerprint density at radius 1 is 1.37 bits per heavy atom. The van der Waals surface area contributed by atoms with Gasteiger partial charge in [0.05, 0.1) is 11.1 Å². The number of aromatic nitrogens is 1. The largest absolute Gasteiger partial charge is 0.367 e. The second kappa shape index (κ2) is 5.69.